The predicted molar refractivity (Wildman–Crippen MR) is 207 cm³/mol. The predicted octanol–water partition coefficient (Wildman–Crippen LogP) is 1.47. The molecule has 0 aromatic heterocycles. The molecule has 0 radical (unpaired) electrons. The van der Waals surface area contributed by atoms with Gasteiger partial charge in [-0.1, -0.05) is 55.4 Å². The molecular weight excluding hydrogens is 698 g/mol. The second kappa shape index (κ2) is 25.3. The Morgan fingerprint density at radius 2 is 0.907 bits per heavy atom. The molecule has 0 aliphatic heterocycles. The highest BCUT2D eigenvalue weighted by Crippen LogP contribution is 2.12. The zero-order valence-electron chi connectivity index (χ0n) is 34.4. The van der Waals surface area contributed by atoms with Gasteiger partial charge < -0.3 is 47.8 Å². The molecule has 0 rings (SSSR count). The third-order valence-corrected chi connectivity index (χ3v) is 8.84. The van der Waals surface area contributed by atoms with E-state index in [0.717, 1.165) is 0 Å². The van der Waals surface area contributed by atoms with Gasteiger partial charge in [0.15, 0.2) is 6.10 Å². The van der Waals surface area contributed by atoms with Crippen LogP contribution in [0.3, 0.4) is 0 Å². The summed E-state index contributed by atoms with van der Waals surface area (Å²) in [5.41, 5.74) is 5.98. The minimum absolute atomic E-state index is 0.00486. The number of nitrogens with two attached hydrogens (primary N) is 1. The van der Waals surface area contributed by atoms with Crippen LogP contribution in [0.4, 0.5) is 0 Å². The summed E-state index contributed by atoms with van der Waals surface area (Å²) < 4.78 is 0. The van der Waals surface area contributed by atoms with Crippen LogP contribution in [-0.2, 0) is 33.6 Å². The number of carboxylic acid groups (broad SMARTS) is 1. The van der Waals surface area contributed by atoms with E-state index >= 15 is 0 Å². The van der Waals surface area contributed by atoms with Gasteiger partial charge in [-0.05, 0) is 57.3 Å². The number of aliphatic hydroxyl groups excluding tert-OH is 1. The molecule has 0 aliphatic rings. The molecule has 8 atom stereocenters. The van der Waals surface area contributed by atoms with Gasteiger partial charge in [0.05, 0.1) is 12.5 Å². The van der Waals surface area contributed by atoms with Crippen molar-refractivity contribution in [3.05, 3.63) is 0 Å². The monoisotopic (exact) mass is 770 g/mol. The van der Waals surface area contributed by atoms with Crippen LogP contribution in [0.1, 0.15) is 128 Å². The van der Waals surface area contributed by atoms with Crippen LogP contribution in [0, 0.1) is 23.7 Å². The maximum Gasteiger partial charge on any atom is 0.305 e. The highest BCUT2D eigenvalue weighted by molar-refractivity contribution is 5.85. The van der Waals surface area contributed by atoms with Crippen LogP contribution in [0.15, 0.2) is 0 Å². The molecule has 0 aliphatic carbocycles. The summed E-state index contributed by atoms with van der Waals surface area (Å²) in [7, 11) is 0. The zero-order chi connectivity index (χ0) is 41.9. The van der Waals surface area contributed by atoms with Crippen molar-refractivity contribution in [2.24, 2.45) is 29.4 Å². The minimum atomic E-state index is -1.64. The van der Waals surface area contributed by atoms with Crippen molar-refractivity contribution < 1.29 is 43.8 Å². The lowest BCUT2D eigenvalue weighted by molar-refractivity contribution is -0.138. The summed E-state index contributed by atoms with van der Waals surface area (Å²) in [6, 6.07) is -4.04. The first-order valence-electron chi connectivity index (χ1n) is 19.3. The highest BCUT2D eigenvalue weighted by atomic mass is 16.4. The van der Waals surface area contributed by atoms with Gasteiger partial charge in [0.25, 0.3) is 5.91 Å². The Morgan fingerprint density at radius 3 is 1.31 bits per heavy atom. The number of amides is 6. The summed E-state index contributed by atoms with van der Waals surface area (Å²) in [4.78, 5) is 87.8. The molecule has 0 aromatic carbocycles. The molecule has 0 spiro atoms. The quantitative estimate of drug-likeness (QED) is 0.0612. The Labute approximate surface area is 322 Å². The van der Waals surface area contributed by atoms with E-state index in [2.05, 4.69) is 31.9 Å². The van der Waals surface area contributed by atoms with Crippen LogP contribution < -0.4 is 37.6 Å². The highest BCUT2D eigenvalue weighted by Gasteiger charge is 2.30. The maximum absolute atomic E-state index is 13.0. The average Bonchev–Trinajstić information content (AvgIpc) is 2.98. The van der Waals surface area contributed by atoms with Crippen molar-refractivity contribution in [3.63, 3.8) is 0 Å². The van der Waals surface area contributed by atoms with Crippen LogP contribution in [-0.4, -0.2) is 100 Å². The first-order chi connectivity index (χ1) is 24.9. The molecule has 16 nitrogen and oxygen atoms in total. The minimum Gasteiger partial charge on any atom is -0.481 e. The second-order valence-corrected chi connectivity index (χ2v) is 16.4. The van der Waals surface area contributed by atoms with Gasteiger partial charge in [-0.15, -0.1) is 0 Å². The number of carbonyl (C=O) groups is 7. The van der Waals surface area contributed by atoms with Crippen LogP contribution >= 0.6 is 0 Å². The normalized spacial score (nSPS) is 16.0. The van der Waals surface area contributed by atoms with Crippen LogP contribution in [0.25, 0.3) is 0 Å². The molecule has 0 saturated heterocycles. The van der Waals surface area contributed by atoms with Crippen LogP contribution in [0.2, 0.25) is 0 Å². The van der Waals surface area contributed by atoms with Crippen molar-refractivity contribution in [1.29, 1.82) is 0 Å². The van der Waals surface area contributed by atoms with Crippen molar-refractivity contribution in [3.8, 4) is 0 Å². The first-order valence-corrected chi connectivity index (χ1v) is 19.3. The number of nitrogens with one attached hydrogen (secondary N) is 6. The molecule has 0 aromatic rings. The molecule has 312 valence electrons. The standard InChI is InChI=1S/C38H71N7O9/c1-20(2)12-27(43-31(46)14-24(9)40-34(49)18-29(39)22(5)6)16-33(48)42-26(11)37(53)38(54)45-30(23(7)8)19-35(50)41-25(10)15-32(47)44-28(13-21(3)4)17-36(51)52/h20-30,37,53H,12-19,39H2,1-11H3,(H,40,49)(H,41,50)(H,42,48)(H,43,46)(H,44,47)(H,45,54)(H,51,52)/t24-,25-,26-,27-,28-,29+,30+,37-/m0/s1. The van der Waals surface area contributed by atoms with E-state index in [1.807, 2.05) is 41.5 Å². The smallest absolute Gasteiger partial charge is 0.305 e. The lowest BCUT2D eigenvalue weighted by Crippen LogP contribution is -2.53. The van der Waals surface area contributed by atoms with Crippen molar-refractivity contribution in [1.82, 2.24) is 31.9 Å². The molecule has 0 saturated carbocycles. The summed E-state index contributed by atoms with van der Waals surface area (Å²) in [5.74, 6) is -3.44. The summed E-state index contributed by atoms with van der Waals surface area (Å²) in [6.45, 7) is 20.0. The molecular formula is C38H71N7O9. The molecule has 0 fully saturated rings. The number of aliphatic carboxylic acids is 1. The third kappa shape index (κ3) is 23.1. The lowest BCUT2D eigenvalue weighted by Gasteiger charge is -2.27. The summed E-state index contributed by atoms with van der Waals surface area (Å²) in [5, 5.41) is 36.4. The molecule has 0 heterocycles. The third-order valence-electron chi connectivity index (χ3n) is 8.84. The van der Waals surface area contributed by atoms with E-state index in [1.165, 1.54) is 6.92 Å². The van der Waals surface area contributed by atoms with Gasteiger partial charge >= 0.3 is 5.97 Å². The SMILES string of the molecule is CC(C)C[C@@H](CC(=O)O)NC(=O)C[C@H](C)NC(=O)C[C@@H](NC(=O)[C@@H](O)[C@H](C)NC(=O)C[C@H](CC(C)C)NC(=O)C[C@H](C)NC(=O)C[C@@H](N)C(C)C)C(C)C. The first kappa shape index (κ1) is 50.2. The molecule has 0 bridgehead atoms. The summed E-state index contributed by atoms with van der Waals surface area (Å²) >= 11 is 0. The molecule has 54 heavy (non-hydrogen) atoms. The lowest BCUT2D eigenvalue weighted by atomic mass is 9.99. The fourth-order valence-electron chi connectivity index (χ4n) is 5.85. The Balaban J connectivity index is 5.13. The van der Waals surface area contributed by atoms with Crippen molar-refractivity contribution >= 4 is 41.4 Å². The number of hydrogen-bond donors (Lipinski definition) is 9. The fraction of sp³-hybridized carbons (Fsp3) is 0.816. The second-order valence-electron chi connectivity index (χ2n) is 16.4. The maximum atomic E-state index is 13.0. The average molecular weight is 770 g/mol. The van der Waals surface area contributed by atoms with Gasteiger partial charge in [0.2, 0.25) is 29.5 Å². The van der Waals surface area contributed by atoms with E-state index in [1.54, 1.807) is 27.7 Å². The van der Waals surface area contributed by atoms with E-state index < -0.39 is 66.0 Å². The van der Waals surface area contributed by atoms with E-state index in [0.29, 0.717) is 12.8 Å². The van der Waals surface area contributed by atoms with Gasteiger partial charge in [0.1, 0.15) is 0 Å². The van der Waals surface area contributed by atoms with Crippen molar-refractivity contribution in [2.75, 3.05) is 0 Å². The molecule has 10 N–H and O–H groups in total. The Kier molecular flexibility index (Phi) is 23.5. The van der Waals surface area contributed by atoms with Gasteiger partial charge in [-0.3, -0.25) is 33.6 Å². The van der Waals surface area contributed by atoms with Gasteiger partial charge in [0, 0.05) is 68.4 Å². The van der Waals surface area contributed by atoms with Gasteiger partial charge in [-0.25, -0.2) is 0 Å². The zero-order valence-corrected chi connectivity index (χ0v) is 34.4. The number of hydrogen-bond acceptors (Lipinski definition) is 9. The van der Waals surface area contributed by atoms with E-state index in [-0.39, 0.29) is 86.0 Å². The number of carbonyl (C=O) groups excluding carboxylic acids is 6. The van der Waals surface area contributed by atoms with Crippen molar-refractivity contribution in [2.45, 2.75) is 176 Å². The number of aliphatic hydroxyl groups is 1. The Bertz CT molecular complexity index is 1230. The number of carboxylic acids is 1. The topological polar surface area (TPSA) is 258 Å². The largest absolute Gasteiger partial charge is 0.481 e. The molecule has 6 amide bonds. The molecule has 0 unspecified atom stereocenters. The molecule has 16 heteroatoms. The van der Waals surface area contributed by atoms with E-state index in [9.17, 15) is 38.7 Å². The van der Waals surface area contributed by atoms with Crippen LogP contribution in [0.5, 0.6) is 0 Å². The number of rotatable bonds is 26. The Morgan fingerprint density at radius 1 is 0.500 bits per heavy atom. The fourth-order valence-corrected chi connectivity index (χ4v) is 5.85. The van der Waals surface area contributed by atoms with E-state index in [4.69, 9.17) is 10.8 Å². The van der Waals surface area contributed by atoms with Gasteiger partial charge in [-0.2, -0.15) is 0 Å². The summed E-state index contributed by atoms with van der Waals surface area (Å²) in [6.07, 6.45) is -1.01. The Hall–Kier alpha value is -3.79.